The summed E-state index contributed by atoms with van der Waals surface area (Å²) in [7, 11) is 4.57. The van der Waals surface area contributed by atoms with Gasteiger partial charge in [-0.15, -0.1) is 0 Å². The van der Waals surface area contributed by atoms with E-state index in [-0.39, 0.29) is 22.0 Å². The molecule has 0 radical (unpaired) electrons. The van der Waals surface area contributed by atoms with Crippen molar-refractivity contribution in [3.8, 4) is 0 Å². The molecule has 0 bridgehead atoms. The summed E-state index contributed by atoms with van der Waals surface area (Å²) in [6.07, 6.45) is 18.8. The number of fused-ring (bicyclic) bond motifs is 7. The largest absolute Gasteiger partial charge is 0.304 e. The maximum atomic E-state index is 12.9. The van der Waals surface area contributed by atoms with Crippen molar-refractivity contribution < 1.29 is 4.79 Å². The smallest absolute Gasteiger partial charge is 0.182 e. The summed E-state index contributed by atoms with van der Waals surface area (Å²) in [4.78, 5) is 15.4. The van der Waals surface area contributed by atoms with Crippen molar-refractivity contribution in [2.75, 3.05) is 14.1 Å². The van der Waals surface area contributed by atoms with Crippen LogP contribution in [0.25, 0.3) is 0 Å². The van der Waals surface area contributed by atoms with E-state index in [1.54, 1.807) is 5.57 Å². The van der Waals surface area contributed by atoms with Gasteiger partial charge < -0.3 is 4.90 Å². The molecule has 5 rings (SSSR count). The quantitative estimate of drug-likeness (QED) is 0.438. The Balaban J connectivity index is 1.61. The first-order chi connectivity index (χ1) is 15.3. The third-order valence-electron chi connectivity index (χ3n) is 12.0. The number of carbonyl (C=O) groups is 1. The van der Waals surface area contributed by atoms with E-state index >= 15 is 0 Å². The molecule has 5 aliphatic rings. The van der Waals surface area contributed by atoms with Gasteiger partial charge in [0.25, 0.3) is 0 Å². The van der Waals surface area contributed by atoms with E-state index in [0.29, 0.717) is 11.0 Å². The Morgan fingerprint density at radius 1 is 0.909 bits per heavy atom. The number of ketones is 1. The first-order valence-electron chi connectivity index (χ1n) is 13.4. The molecule has 0 aromatic heterocycles. The van der Waals surface area contributed by atoms with Crippen molar-refractivity contribution >= 4 is 5.78 Å². The zero-order chi connectivity index (χ0) is 24.0. The fraction of sp³-hybridized carbons (Fsp3) is 0.710. The van der Waals surface area contributed by atoms with Gasteiger partial charge in [0.15, 0.2) is 5.78 Å². The van der Waals surface area contributed by atoms with Crippen molar-refractivity contribution in [2.24, 2.45) is 27.6 Å². The molecule has 0 N–H and O–H groups in total. The summed E-state index contributed by atoms with van der Waals surface area (Å²) in [5.41, 5.74) is 6.33. The molecule has 0 heterocycles. The SMILES string of the molecule is CCC1=CC2=CC=C3[C@@](C)(CC[C@@]4(C)[C@@H]5C[C@](C)(N(C)C)CC[C@]5(C)CC[C@]34C)C2=CC1=O. The predicted molar refractivity (Wildman–Crippen MR) is 138 cm³/mol. The second kappa shape index (κ2) is 7.06. The number of rotatable bonds is 2. The van der Waals surface area contributed by atoms with Gasteiger partial charge in [0.05, 0.1) is 0 Å². The van der Waals surface area contributed by atoms with Crippen molar-refractivity contribution in [1.29, 1.82) is 0 Å². The van der Waals surface area contributed by atoms with E-state index in [1.807, 2.05) is 6.08 Å². The fourth-order valence-corrected chi connectivity index (χ4v) is 8.92. The summed E-state index contributed by atoms with van der Waals surface area (Å²) in [5.74, 6) is 0.963. The molecule has 0 aromatic carbocycles. The second-order valence-corrected chi connectivity index (χ2v) is 13.5. The Hall–Kier alpha value is -1.41. The van der Waals surface area contributed by atoms with E-state index in [4.69, 9.17) is 0 Å². The lowest BCUT2D eigenvalue weighted by atomic mass is 9.35. The molecular weight excluding hydrogens is 402 g/mol. The topological polar surface area (TPSA) is 20.3 Å². The fourth-order valence-electron chi connectivity index (χ4n) is 8.92. The van der Waals surface area contributed by atoms with Gasteiger partial charge in [-0.05, 0) is 123 Å². The molecule has 6 atom stereocenters. The van der Waals surface area contributed by atoms with Crippen molar-refractivity contribution in [3.63, 3.8) is 0 Å². The lowest BCUT2D eigenvalue weighted by Gasteiger charge is -2.70. The minimum absolute atomic E-state index is 0.0168. The van der Waals surface area contributed by atoms with Crippen LogP contribution < -0.4 is 0 Å². The van der Waals surface area contributed by atoms with E-state index in [0.717, 1.165) is 24.3 Å². The minimum Gasteiger partial charge on any atom is -0.304 e. The first kappa shape index (κ1) is 23.3. The Morgan fingerprint density at radius 3 is 2.27 bits per heavy atom. The average molecular weight is 448 g/mol. The summed E-state index contributed by atoms with van der Waals surface area (Å²) in [5, 5.41) is 0. The molecular formula is C31H45NO. The van der Waals surface area contributed by atoms with Gasteiger partial charge in [-0.1, -0.05) is 52.3 Å². The molecule has 33 heavy (non-hydrogen) atoms. The van der Waals surface area contributed by atoms with Gasteiger partial charge in [-0.3, -0.25) is 4.79 Å². The number of hydrogen-bond acceptors (Lipinski definition) is 2. The van der Waals surface area contributed by atoms with Crippen molar-refractivity contribution in [2.45, 2.75) is 98.4 Å². The van der Waals surface area contributed by atoms with Crippen LogP contribution >= 0.6 is 0 Å². The third-order valence-corrected chi connectivity index (χ3v) is 12.0. The van der Waals surface area contributed by atoms with Gasteiger partial charge in [0, 0.05) is 11.0 Å². The normalized spacial score (nSPS) is 46.8. The zero-order valence-electron chi connectivity index (χ0n) is 22.4. The number of hydrogen-bond donors (Lipinski definition) is 0. The summed E-state index contributed by atoms with van der Waals surface area (Å²) >= 11 is 0. The van der Waals surface area contributed by atoms with Crippen LogP contribution in [0, 0.1) is 27.6 Å². The van der Waals surface area contributed by atoms with Crippen LogP contribution in [-0.2, 0) is 4.79 Å². The molecule has 0 aliphatic heterocycles. The molecule has 3 fully saturated rings. The van der Waals surface area contributed by atoms with Crippen LogP contribution in [0.15, 0.2) is 46.6 Å². The summed E-state index contributed by atoms with van der Waals surface area (Å²) in [6, 6.07) is 0. The molecule has 3 saturated carbocycles. The Labute approximate surface area is 202 Å². The van der Waals surface area contributed by atoms with Gasteiger partial charge in [0.1, 0.15) is 0 Å². The van der Waals surface area contributed by atoms with Crippen LogP contribution in [0.5, 0.6) is 0 Å². The lowest BCUT2D eigenvalue weighted by molar-refractivity contribution is -0.162. The first-order valence-corrected chi connectivity index (χ1v) is 13.4. The maximum Gasteiger partial charge on any atom is 0.182 e. The van der Waals surface area contributed by atoms with Crippen LogP contribution in [0.3, 0.4) is 0 Å². The summed E-state index contributed by atoms with van der Waals surface area (Å²) < 4.78 is 0. The highest BCUT2D eigenvalue weighted by Gasteiger charge is 2.66. The lowest BCUT2D eigenvalue weighted by Crippen LogP contribution is -2.63. The third kappa shape index (κ3) is 2.92. The minimum atomic E-state index is -0.0168. The Bertz CT molecular complexity index is 1030. The molecule has 0 saturated heterocycles. The van der Waals surface area contributed by atoms with Crippen molar-refractivity contribution in [1.82, 2.24) is 4.90 Å². The Kier molecular flexibility index (Phi) is 4.99. The van der Waals surface area contributed by atoms with Crippen molar-refractivity contribution in [3.05, 3.63) is 46.6 Å². The Morgan fingerprint density at radius 2 is 1.61 bits per heavy atom. The average Bonchev–Trinajstić information content (AvgIpc) is 2.77. The van der Waals surface area contributed by atoms with Crippen LogP contribution in [-0.4, -0.2) is 30.3 Å². The molecule has 0 amide bonds. The van der Waals surface area contributed by atoms with E-state index in [9.17, 15) is 4.79 Å². The number of carbonyl (C=O) groups excluding carboxylic acids is 1. The van der Waals surface area contributed by atoms with Gasteiger partial charge >= 0.3 is 0 Å². The molecule has 2 nitrogen and oxygen atoms in total. The number of nitrogens with zero attached hydrogens (tertiary/aromatic N) is 1. The van der Waals surface area contributed by atoms with E-state index < -0.39 is 0 Å². The molecule has 5 aliphatic carbocycles. The van der Waals surface area contributed by atoms with Crippen LogP contribution in [0.2, 0.25) is 0 Å². The molecule has 0 unspecified atom stereocenters. The molecule has 0 aromatic rings. The van der Waals surface area contributed by atoms with Gasteiger partial charge in [-0.25, -0.2) is 0 Å². The maximum absolute atomic E-state index is 12.9. The zero-order valence-corrected chi connectivity index (χ0v) is 22.4. The second-order valence-electron chi connectivity index (χ2n) is 13.5. The summed E-state index contributed by atoms with van der Waals surface area (Å²) in [6.45, 7) is 14.9. The molecule has 180 valence electrons. The van der Waals surface area contributed by atoms with E-state index in [2.05, 4.69) is 78.8 Å². The van der Waals surface area contributed by atoms with Crippen LogP contribution in [0.1, 0.15) is 92.9 Å². The highest BCUT2D eigenvalue weighted by atomic mass is 16.1. The molecule has 0 spiro atoms. The number of allylic oxidation sites excluding steroid dienone is 8. The highest BCUT2D eigenvalue weighted by molar-refractivity contribution is 6.07. The highest BCUT2D eigenvalue weighted by Crippen LogP contribution is 2.75. The van der Waals surface area contributed by atoms with Gasteiger partial charge in [0.2, 0.25) is 0 Å². The monoisotopic (exact) mass is 447 g/mol. The van der Waals surface area contributed by atoms with Crippen LogP contribution in [0.4, 0.5) is 0 Å². The standard InChI is InChI=1S/C31H45NO/c1-9-21-18-22-10-11-25-29(4,23(22)19-24(21)33)15-17-31(6)26-20-28(3,32(7)8)14-12-27(26,2)13-16-30(25,31)5/h10-11,18-19,26H,9,12-17,20H2,1-8H3/t26-,27-,28-,29+,30-,31+/m1/s1. The predicted octanol–water partition coefficient (Wildman–Crippen LogP) is 7.43. The molecule has 2 heteroatoms. The van der Waals surface area contributed by atoms with Gasteiger partial charge in [-0.2, -0.15) is 0 Å². The van der Waals surface area contributed by atoms with E-state index in [1.165, 1.54) is 49.7 Å².